The number of cyclic esters (lactones) is 1. The van der Waals surface area contributed by atoms with Crippen molar-refractivity contribution in [3.05, 3.63) is 207 Å². The summed E-state index contributed by atoms with van der Waals surface area (Å²) in [5, 5.41) is 21.1. The van der Waals surface area contributed by atoms with Gasteiger partial charge in [0.1, 0.15) is 36.5 Å². The maximum atomic E-state index is 16.2. The van der Waals surface area contributed by atoms with Crippen molar-refractivity contribution in [3.63, 3.8) is 0 Å². The number of non-ortho nitro benzene ring substituents is 1. The van der Waals surface area contributed by atoms with Gasteiger partial charge in [0.05, 0.1) is 41.8 Å². The number of ether oxygens (including phenoxy) is 3. The highest BCUT2D eigenvalue weighted by Crippen LogP contribution is 2.66. The zero-order valence-corrected chi connectivity index (χ0v) is 37.4. The first kappa shape index (κ1) is 46.0. The third-order valence-electron chi connectivity index (χ3n) is 12.9. The molecule has 3 aliphatic rings. The molecule has 0 aliphatic carbocycles. The molecule has 2 saturated heterocycles. The van der Waals surface area contributed by atoms with E-state index in [0.29, 0.717) is 46.7 Å². The summed E-state index contributed by atoms with van der Waals surface area (Å²) in [4.78, 5) is 76.1. The number of carbonyl (C=O) groups is 4. The van der Waals surface area contributed by atoms with E-state index in [9.17, 15) is 24.8 Å². The van der Waals surface area contributed by atoms with E-state index in [0.717, 1.165) is 10.5 Å². The van der Waals surface area contributed by atoms with E-state index < -0.39 is 64.4 Å². The van der Waals surface area contributed by atoms with Crippen LogP contribution in [0.2, 0.25) is 0 Å². The van der Waals surface area contributed by atoms with Crippen LogP contribution in [0.1, 0.15) is 57.1 Å². The predicted molar refractivity (Wildman–Crippen MR) is 253 cm³/mol. The lowest BCUT2D eigenvalue weighted by molar-refractivity contribution is -0.384. The summed E-state index contributed by atoms with van der Waals surface area (Å²) in [5.74, 6) is 2.44. The molecule has 1 spiro atoms. The number of anilines is 1. The molecular weight excluding hydrogens is 879 g/mol. The number of hydrogen-bond acceptors (Lipinski definition) is 12. The number of nitro groups is 1. The van der Waals surface area contributed by atoms with Gasteiger partial charge in [-0.2, -0.15) is 0 Å². The number of benzene rings is 6. The average Bonchev–Trinajstić information content (AvgIpc) is 3.82. The molecule has 3 amide bonds. The van der Waals surface area contributed by atoms with Gasteiger partial charge in [-0.1, -0.05) is 115 Å². The second-order valence-corrected chi connectivity index (χ2v) is 17.1. The van der Waals surface area contributed by atoms with Crippen LogP contribution in [0.3, 0.4) is 0 Å². The van der Waals surface area contributed by atoms with Crippen LogP contribution in [-0.2, 0) is 42.4 Å². The van der Waals surface area contributed by atoms with Gasteiger partial charge in [-0.3, -0.25) is 34.3 Å². The number of hydrogen-bond donors (Lipinski definition) is 2. The van der Waals surface area contributed by atoms with Crippen LogP contribution < -0.4 is 15.4 Å². The van der Waals surface area contributed by atoms with Crippen molar-refractivity contribution in [3.8, 4) is 17.6 Å². The predicted octanol–water partition coefficient (Wildman–Crippen LogP) is 6.94. The lowest BCUT2D eigenvalue weighted by Crippen LogP contribution is -2.55. The summed E-state index contributed by atoms with van der Waals surface area (Å²) < 4.78 is 18.2. The van der Waals surface area contributed by atoms with E-state index in [1.165, 1.54) is 24.3 Å². The molecular formula is C54H47N5O10. The Hall–Kier alpha value is -8.16. The van der Waals surface area contributed by atoms with E-state index in [4.69, 9.17) is 19.9 Å². The van der Waals surface area contributed by atoms with Crippen LogP contribution in [-0.4, -0.2) is 76.6 Å². The van der Waals surface area contributed by atoms with Crippen LogP contribution in [0.4, 0.5) is 16.2 Å². The van der Waals surface area contributed by atoms with Crippen LogP contribution in [0, 0.1) is 27.9 Å². The van der Waals surface area contributed by atoms with Crippen molar-refractivity contribution < 1.29 is 43.4 Å². The second kappa shape index (κ2) is 19.6. The van der Waals surface area contributed by atoms with Gasteiger partial charge in [0, 0.05) is 24.2 Å². The summed E-state index contributed by atoms with van der Waals surface area (Å²) in [6.45, 7) is 0.294. The van der Waals surface area contributed by atoms with Gasteiger partial charge < -0.3 is 25.1 Å². The van der Waals surface area contributed by atoms with Crippen molar-refractivity contribution in [1.82, 2.24) is 9.80 Å². The minimum atomic E-state index is -2.13. The lowest BCUT2D eigenvalue weighted by atomic mass is 9.65. The Morgan fingerprint density at radius 3 is 2.16 bits per heavy atom. The summed E-state index contributed by atoms with van der Waals surface area (Å²) in [7, 11) is 1.94. The zero-order valence-electron chi connectivity index (χ0n) is 37.4. The van der Waals surface area contributed by atoms with Gasteiger partial charge in [-0.15, -0.1) is 0 Å². The molecule has 9 rings (SSSR count). The van der Waals surface area contributed by atoms with Crippen molar-refractivity contribution in [2.45, 2.75) is 42.8 Å². The fraction of sp³-hybridized carbons (Fsp3) is 0.222. The molecule has 6 unspecified atom stereocenters. The second-order valence-electron chi connectivity index (χ2n) is 17.1. The molecule has 69 heavy (non-hydrogen) atoms. The fourth-order valence-corrected chi connectivity index (χ4v) is 10.1. The number of rotatable bonds is 13. The number of morpholine rings is 1. The number of nitro benzene ring substituents is 1. The van der Waals surface area contributed by atoms with Gasteiger partial charge in [-0.25, -0.2) is 9.69 Å². The maximum absolute atomic E-state index is 16.2. The Morgan fingerprint density at radius 1 is 0.826 bits per heavy atom. The van der Waals surface area contributed by atoms with Gasteiger partial charge in [0.2, 0.25) is 11.8 Å². The number of nitrogens with two attached hydrogens (primary N) is 1. The summed E-state index contributed by atoms with van der Waals surface area (Å²) in [6, 6.07) is 42.0. The molecule has 348 valence electrons. The van der Waals surface area contributed by atoms with Crippen LogP contribution in [0.25, 0.3) is 0 Å². The third-order valence-corrected chi connectivity index (χ3v) is 12.9. The monoisotopic (exact) mass is 925 g/mol. The first-order valence-corrected chi connectivity index (χ1v) is 22.3. The molecule has 0 saturated carbocycles. The topological polar surface area (TPSA) is 195 Å². The molecule has 3 N–H and O–H groups in total. The normalized spacial score (nSPS) is 21.5. The van der Waals surface area contributed by atoms with E-state index >= 15 is 9.59 Å². The quantitative estimate of drug-likeness (QED) is 0.0525. The Balaban J connectivity index is 1.25. The maximum Gasteiger partial charge on any atom is 0.421 e. The Labute approximate surface area is 397 Å². The van der Waals surface area contributed by atoms with Crippen molar-refractivity contribution in [2.75, 3.05) is 31.7 Å². The summed E-state index contributed by atoms with van der Waals surface area (Å²) >= 11 is 0. The molecule has 0 aromatic heterocycles. The highest BCUT2D eigenvalue weighted by molar-refractivity contribution is 6.23. The number of nitrogens with zero attached hydrogens (tertiary/aromatic N) is 4. The van der Waals surface area contributed by atoms with Crippen LogP contribution >= 0.6 is 0 Å². The number of imide groups is 1. The largest absolute Gasteiger partial charge is 0.491 e. The van der Waals surface area contributed by atoms with Crippen molar-refractivity contribution >= 4 is 35.3 Å². The van der Waals surface area contributed by atoms with Gasteiger partial charge in [0.25, 0.3) is 5.69 Å². The van der Waals surface area contributed by atoms with E-state index in [-0.39, 0.29) is 36.8 Å². The van der Waals surface area contributed by atoms with Crippen molar-refractivity contribution in [2.24, 2.45) is 11.7 Å². The minimum Gasteiger partial charge on any atom is -0.491 e. The fourth-order valence-electron chi connectivity index (χ4n) is 10.1. The SMILES string of the molecule is CN(CC#Cc1ccc2c(c1)C1(C(=O)N2C(=O)OCc2ccc([N+](=O)[O-])cc2)C(C(N)=O)C2C(=O)OC(c3ccccc3)C(c3ccccc3)N2C1c1cccc(OCCO)c1)Cc1ccccc1. The standard InChI is InChI=1S/C54H47N5O10/c1-56(33-36-13-5-2-6-14-36)28-12-15-35-24-27-44-43(31-35)54(52(63)57(44)53(64)68-34-37-22-25-41(26-23-37)59(65)66)45(50(55)61)47-51(62)69-48(39-18-9-4-10-19-39)46(38-16-7-3-8-17-38)58(47)49(54)40-20-11-21-42(32-40)67-30-29-60/h2-11,13-14,16-27,31-32,45-49,60H,28-30,33-34H2,1H3,(H2,55,61). The third kappa shape index (κ3) is 8.68. The average molecular weight is 926 g/mol. The highest BCUT2D eigenvalue weighted by atomic mass is 16.6. The van der Waals surface area contributed by atoms with E-state index in [1.807, 2.05) is 108 Å². The zero-order chi connectivity index (χ0) is 48.2. The van der Waals surface area contributed by atoms with Crippen LogP contribution in [0.5, 0.6) is 5.75 Å². The van der Waals surface area contributed by atoms with Gasteiger partial charge in [0.15, 0.2) is 0 Å². The molecule has 0 radical (unpaired) electrons. The molecule has 15 heteroatoms. The highest BCUT2D eigenvalue weighted by Gasteiger charge is 2.75. The number of fused-ring (bicyclic) bond motifs is 3. The lowest BCUT2D eigenvalue weighted by Gasteiger charge is -2.46. The number of aliphatic hydroxyl groups is 1. The van der Waals surface area contributed by atoms with Gasteiger partial charge >= 0.3 is 12.1 Å². The molecule has 15 nitrogen and oxygen atoms in total. The van der Waals surface area contributed by atoms with Crippen LogP contribution in [0.15, 0.2) is 158 Å². The number of primary amides is 1. The molecule has 6 aromatic carbocycles. The Morgan fingerprint density at radius 2 is 1.49 bits per heavy atom. The number of carbonyl (C=O) groups excluding carboxylic acids is 4. The molecule has 6 aromatic rings. The minimum absolute atomic E-state index is 0.0523. The molecule has 3 heterocycles. The number of aliphatic hydroxyl groups excluding tert-OH is 1. The van der Waals surface area contributed by atoms with E-state index in [2.05, 4.69) is 11.8 Å². The number of amides is 3. The van der Waals surface area contributed by atoms with Gasteiger partial charge in [-0.05, 0) is 82.9 Å². The molecule has 3 aliphatic heterocycles. The smallest absolute Gasteiger partial charge is 0.421 e. The first-order valence-electron chi connectivity index (χ1n) is 22.3. The molecule has 0 bridgehead atoms. The first-order chi connectivity index (χ1) is 33.5. The summed E-state index contributed by atoms with van der Waals surface area (Å²) in [6.07, 6.45) is -2.06. The number of esters is 1. The Kier molecular flexibility index (Phi) is 13.1. The van der Waals surface area contributed by atoms with E-state index in [1.54, 1.807) is 42.5 Å². The Bertz CT molecular complexity index is 2960. The molecule has 2 fully saturated rings. The molecule has 6 atom stereocenters. The van der Waals surface area contributed by atoms with Crippen molar-refractivity contribution in [1.29, 1.82) is 0 Å². The summed E-state index contributed by atoms with van der Waals surface area (Å²) in [5.41, 5.74) is 8.25.